The highest BCUT2D eigenvalue weighted by Crippen LogP contribution is 2.25. The number of piperidine rings is 1. The van der Waals surface area contributed by atoms with Crippen LogP contribution in [0.1, 0.15) is 37.9 Å². The van der Waals surface area contributed by atoms with Gasteiger partial charge in [0.15, 0.2) is 11.0 Å². The highest BCUT2D eigenvalue weighted by Gasteiger charge is 2.24. The Morgan fingerprint density at radius 3 is 2.59 bits per heavy atom. The summed E-state index contributed by atoms with van der Waals surface area (Å²) in [6.07, 6.45) is 5.82. The molecule has 2 fully saturated rings. The molecule has 0 spiro atoms. The van der Waals surface area contributed by atoms with Crippen molar-refractivity contribution in [1.29, 1.82) is 0 Å². The molecule has 27 heavy (non-hydrogen) atoms. The molecule has 0 radical (unpaired) electrons. The van der Waals surface area contributed by atoms with E-state index in [1.54, 1.807) is 12.1 Å². The standard InChI is InChI=1S/C19H24FN5OS/c20-14-4-8-16(9-5-14)25-17(12-24-10-2-1-3-11-24)22-23-19(25)27-13-18(26)21-15-6-7-15/h4-5,8-9,15H,1-3,6-7,10-13H2,(H,21,26). The van der Waals surface area contributed by atoms with Crippen LogP contribution in [0.5, 0.6) is 0 Å². The zero-order valence-electron chi connectivity index (χ0n) is 15.2. The minimum atomic E-state index is -0.276. The van der Waals surface area contributed by atoms with Crippen LogP contribution in [0.25, 0.3) is 5.69 Å². The third-order valence-electron chi connectivity index (χ3n) is 4.87. The second-order valence-corrected chi connectivity index (χ2v) is 8.12. The number of amides is 1. The number of nitrogens with one attached hydrogen (secondary N) is 1. The van der Waals surface area contributed by atoms with Crippen molar-refractivity contribution >= 4 is 17.7 Å². The molecule has 6 nitrogen and oxygen atoms in total. The SMILES string of the molecule is O=C(CSc1nnc(CN2CCCCC2)n1-c1ccc(F)cc1)NC1CC1. The van der Waals surface area contributed by atoms with Crippen molar-refractivity contribution in [2.45, 2.75) is 49.8 Å². The number of halogens is 1. The van der Waals surface area contributed by atoms with Gasteiger partial charge < -0.3 is 5.32 Å². The zero-order chi connectivity index (χ0) is 18.6. The summed E-state index contributed by atoms with van der Waals surface area (Å²) in [5.74, 6) is 0.879. The predicted molar refractivity (Wildman–Crippen MR) is 102 cm³/mol. The number of aromatic nitrogens is 3. The van der Waals surface area contributed by atoms with Crippen molar-refractivity contribution in [3.05, 3.63) is 35.9 Å². The Bertz CT molecular complexity index is 784. The number of nitrogens with zero attached hydrogens (tertiary/aromatic N) is 4. The molecule has 1 aliphatic carbocycles. The lowest BCUT2D eigenvalue weighted by Gasteiger charge is -2.26. The van der Waals surface area contributed by atoms with Crippen LogP contribution in [-0.4, -0.2) is 50.5 Å². The number of thioether (sulfide) groups is 1. The highest BCUT2D eigenvalue weighted by molar-refractivity contribution is 7.99. The van der Waals surface area contributed by atoms with Gasteiger partial charge >= 0.3 is 0 Å². The summed E-state index contributed by atoms with van der Waals surface area (Å²) >= 11 is 1.37. The van der Waals surface area contributed by atoms with Crippen molar-refractivity contribution in [2.75, 3.05) is 18.8 Å². The smallest absolute Gasteiger partial charge is 0.230 e. The second kappa shape index (κ2) is 8.39. The molecule has 1 saturated heterocycles. The van der Waals surface area contributed by atoms with Crippen molar-refractivity contribution in [3.8, 4) is 5.69 Å². The van der Waals surface area contributed by atoms with E-state index in [4.69, 9.17) is 0 Å². The molecule has 1 aliphatic heterocycles. The Labute approximate surface area is 162 Å². The third kappa shape index (κ3) is 4.87. The average molecular weight is 390 g/mol. The number of carbonyl (C=O) groups excluding carboxylic acids is 1. The predicted octanol–water partition coefficient (Wildman–Crippen LogP) is 2.76. The summed E-state index contributed by atoms with van der Waals surface area (Å²) in [5, 5.41) is 12.4. The molecule has 1 aromatic carbocycles. The monoisotopic (exact) mass is 389 g/mol. The maximum absolute atomic E-state index is 13.4. The molecule has 1 aromatic heterocycles. The topological polar surface area (TPSA) is 63.1 Å². The minimum Gasteiger partial charge on any atom is -0.353 e. The van der Waals surface area contributed by atoms with Crippen LogP contribution in [-0.2, 0) is 11.3 Å². The van der Waals surface area contributed by atoms with E-state index < -0.39 is 0 Å². The summed E-state index contributed by atoms with van der Waals surface area (Å²) in [5.41, 5.74) is 0.818. The lowest BCUT2D eigenvalue weighted by atomic mass is 10.1. The Hall–Kier alpha value is -1.93. The van der Waals surface area contributed by atoms with Crippen molar-refractivity contribution in [2.24, 2.45) is 0 Å². The van der Waals surface area contributed by atoms with E-state index in [2.05, 4.69) is 20.4 Å². The van der Waals surface area contributed by atoms with Gasteiger partial charge in [-0.1, -0.05) is 18.2 Å². The first-order chi connectivity index (χ1) is 13.2. The van der Waals surface area contributed by atoms with Crippen LogP contribution >= 0.6 is 11.8 Å². The van der Waals surface area contributed by atoms with Crippen molar-refractivity contribution < 1.29 is 9.18 Å². The van der Waals surface area contributed by atoms with E-state index in [0.29, 0.717) is 23.5 Å². The third-order valence-corrected chi connectivity index (χ3v) is 5.80. The van der Waals surface area contributed by atoms with E-state index in [1.165, 1.54) is 43.2 Å². The summed E-state index contributed by atoms with van der Waals surface area (Å²) in [7, 11) is 0. The molecule has 1 amide bonds. The molecule has 8 heteroatoms. The van der Waals surface area contributed by atoms with Crippen LogP contribution in [0, 0.1) is 5.82 Å². The lowest BCUT2D eigenvalue weighted by Crippen LogP contribution is -2.30. The quantitative estimate of drug-likeness (QED) is 0.738. The van der Waals surface area contributed by atoms with Crippen LogP contribution in [0.3, 0.4) is 0 Å². The van der Waals surface area contributed by atoms with E-state index in [-0.39, 0.29) is 11.7 Å². The molecule has 0 atom stereocenters. The van der Waals surface area contributed by atoms with Gasteiger partial charge in [0, 0.05) is 11.7 Å². The fourth-order valence-corrected chi connectivity index (χ4v) is 4.07. The maximum Gasteiger partial charge on any atom is 0.230 e. The molecule has 1 N–H and O–H groups in total. The van der Waals surface area contributed by atoms with Crippen LogP contribution in [0.15, 0.2) is 29.4 Å². The fourth-order valence-electron chi connectivity index (χ4n) is 3.29. The molecule has 0 unspecified atom stereocenters. The van der Waals surface area contributed by atoms with Gasteiger partial charge in [0.2, 0.25) is 5.91 Å². The molecule has 2 aliphatic rings. The number of benzene rings is 1. The van der Waals surface area contributed by atoms with Gasteiger partial charge in [-0.15, -0.1) is 10.2 Å². The van der Waals surface area contributed by atoms with Gasteiger partial charge in [-0.05, 0) is 63.0 Å². The van der Waals surface area contributed by atoms with Crippen molar-refractivity contribution in [1.82, 2.24) is 25.0 Å². The number of hydrogen-bond acceptors (Lipinski definition) is 5. The van der Waals surface area contributed by atoms with E-state index in [0.717, 1.165) is 37.4 Å². The molecule has 144 valence electrons. The Morgan fingerprint density at radius 1 is 1.15 bits per heavy atom. The Morgan fingerprint density at radius 2 is 1.89 bits per heavy atom. The normalized spacial score (nSPS) is 17.8. The maximum atomic E-state index is 13.4. The van der Waals surface area contributed by atoms with Gasteiger partial charge in [-0.2, -0.15) is 0 Å². The lowest BCUT2D eigenvalue weighted by molar-refractivity contribution is -0.118. The first-order valence-electron chi connectivity index (χ1n) is 9.54. The number of hydrogen-bond donors (Lipinski definition) is 1. The van der Waals surface area contributed by atoms with Gasteiger partial charge in [0.1, 0.15) is 5.82 Å². The minimum absolute atomic E-state index is 0.0220. The number of likely N-dealkylation sites (tertiary alicyclic amines) is 1. The van der Waals surface area contributed by atoms with E-state index in [9.17, 15) is 9.18 Å². The van der Waals surface area contributed by atoms with Gasteiger partial charge in [0.25, 0.3) is 0 Å². The fraction of sp³-hybridized carbons (Fsp3) is 0.526. The molecule has 0 bridgehead atoms. The highest BCUT2D eigenvalue weighted by atomic mass is 32.2. The number of carbonyl (C=O) groups is 1. The second-order valence-electron chi connectivity index (χ2n) is 7.18. The van der Waals surface area contributed by atoms with Crippen LogP contribution in [0.2, 0.25) is 0 Å². The Kier molecular flexibility index (Phi) is 5.73. The molecule has 2 heterocycles. The van der Waals surface area contributed by atoms with E-state index in [1.807, 2.05) is 4.57 Å². The molecule has 4 rings (SSSR count). The average Bonchev–Trinajstić information content (AvgIpc) is 3.40. The van der Waals surface area contributed by atoms with Gasteiger partial charge in [-0.25, -0.2) is 4.39 Å². The van der Waals surface area contributed by atoms with E-state index >= 15 is 0 Å². The van der Waals surface area contributed by atoms with Crippen LogP contribution < -0.4 is 5.32 Å². The van der Waals surface area contributed by atoms with Gasteiger partial charge in [0.05, 0.1) is 12.3 Å². The summed E-state index contributed by atoms with van der Waals surface area (Å²) in [6.45, 7) is 2.82. The van der Waals surface area contributed by atoms with Crippen LogP contribution in [0.4, 0.5) is 4.39 Å². The largest absolute Gasteiger partial charge is 0.353 e. The summed E-state index contributed by atoms with van der Waals surface area (Å²) < 4.78 is 15.3. The molecular formula is C19H24FN5OS. The molecule has 2 aromatic rings. The number of rotatable bonds is 7. The zero-order valence-corrected chi connectivity index (χ0v) is 16.1. The Balaban J connectivity index is 1.53. The molecular weight excluding hydrogens is 365 g/mol. The van der Waals surface area contributed by atoms with Crippen molar-refractivity contribution in [3.63, 3.8) is 0 Å². The summed E-state index contributed by atoms with van der Waals surface area (Å²) in [6, 6.07) is 6.69. The first-order valence-corrected chi connectivity index (χ1v) is 10.5. The van der Waals surface area contributed by atoms with Gasteiger partial charge in [-0.3, -0.25) is 14.3 Å². The summed E-state index contributed by atoms with van der Waals surface area (Å²) in [4.78, 5) is 14.4. The first kappa shape index (κ1) is 18.4. The molecule has 1 saturated carbocycles.